The average Bonchev–Trinajstić information content (AvgIpc) is 3.40. The fourth-order valence-electron chi connectivity index (χ4n) is 4.17. The normalized spacial score (nSPS) is 16.7. The summed E-state index contributed by atoms with van der Waals surface area (Å²) in [6.07, 6.45) is 0.995. The van der Waals surface area contributed by atoms with Crippen LogP contribution in [-0.2, 0) is 17.7 Å². The van der Waals surface area contributed by atoms with Crippen LogP contribution < -0.4 is 0 Å². The van der Waals surface area contributed by atoms with Crippen molar-refractivity contribution in [1.82, 2.24) is 14.9 Å². The van der Waals surface area contributed by atoms with Gasteiger partial charge in [-0.2, -0.15) is 0 Å². The number of aromatic nitrogens is 2. The number of carbonyl (C=O) groups excluding carboxylic acids is 1. The molecule has 7 heteroatoms. The van der Waals surface area contributed by atoms with E-state index in [0.717, 1.165) is 23.2 Å². The maximum absolute atomic E-state index is 13.9. The van der Waals surface area contributed by atoms with Gasteiger partial charge in [0.25, 0.3) is 0 Å². The van der Waals surface area contributed by atoms with E-state index in [-0.39, 0.29) is 5.97 Å². The summed E-state index contributed by atoms with van der Waals surface area (Å²) >= 11 is 1.57. The molecule has 0 radical (unpaired) electrons. The van der Waals surface area contributed by atoms with E-state index in [1.165, 1.54) is 29.3 Å². The first-order valence-electron chi connectivity index (χ1n) is 10.4. The largest absolute Gasteiger partial charge is 0.464 e. The van der Waals surface area contributed by atoms with Gasteiger partial charge < -0.3 is 14.7 Å². The number of benzene rings is 1. The van der Waals surface area contributed by atoms with Crippen molar-refractivity contribution >= 4 is 38.4 Å². The Morgan fingerprint density at radius 1 is 1.29 bits per heavy atom. The highest BCUT2D eigenvalue weighted by atomic mass is 32.1. The van der Waals surface area contributed by atoms with E-state index < -0.39 is 5.67 Å². The maximum atomic E-state index is 13.9. The van der Waals surface area contributed by atoms with Gasteiger partial charge in [0.05, 0.1) is 7.11 Å². The highest BCUT2D eigenvalue weighted by Crippen LogP contribution is 2.31. The van der Waals surface area contributed by atoms with Crippen molar-refractivity contribution in [3.8, 4) is 0 Å². The minimum absolute atomic E-state index is 0.321. The Bertz CT molecular complexity index is 1170. The first kappa shape index (κ1) is 21.6. The first-order chi connectivity index (χ1) is 14.7. The molecule has 1 aliphatic rings. The van der Waals surface area contributed by atoms with Crippen LogP contribution in [0.5, 0.6) is 0 Å². The van der Waals surface area contributed by atoms with Gasteiger partial charge in [0.1, 0.15) is 16.2 Å². The summed E-state index contributed by atoms with van der Waals surface area (Å²) in [6, 6.07) is 12.6. The second-order valence-electron chi connectivity index (χ2n) is 8.68. The molecule has 4 aromatic rings. The third-order valence-electron chi connectivity index (χ3n) is 5.61. The number of nitrogens with one attached hydrogen (secondary N) is 2. The topological polar surface area (TPSA) is 61.1 Å². The summed E-state index contributed by atoms with van der Waals surface area (Å²) in [5.74, 6) is -0.321. The van der Waals surface area contributed by atoms with E-state index in [2.05, 4.69) is 50.8 Å². The summed E-state index contributed by atoms with van der Waals surface area (Å²) in [5, 5.41) is 4.35. The number of hydrogen-bond donors (Lipinski definition) is 2. The Kier molecular flexibility index (Phi) is 5.90. The minimum atomic E-state index is -1.14. The van der Waals surface area contributed by atoms with Crippen molar-refractivity contribution in [3.63, 3.8) is 0 Å². The lowest BCUT2D eigenvalue weighted by Gasteiger charge is -2.36. The number of rotatable bonds is 3. The number of nitrogens with zero attached hydrogens (tertiary/aromatic N) is 1. The number of halogens is 1. The van der Waals surface area contributed by atoms with Crippen LogP contribution in [0, 0.1) is 0 Å². The first-order valence-corrected chi connectivity index (χ1v) is 11.3. The molecule has 164 valence electrons. The highest BCUT2D eigenvalue weighted by Gasteiger charge is 2.30. The van der Waals surface area contributed by atoms with Crippen molar-refractivity contribution in [1.29, 1.82) is 0 Å². The molecule has 0 saturated heterocycles. The number of hydrogen-bond acceptors (Lipinski definition) is 4. The maximum Gasteiger partial charge on any atom is 0.354 e. The Morgan fingerprint density at radius 3 is 2.77 bits per heavy atom. The monoisotopic (exact) mass is 441 g/mol. The number of thiophene rings is 1. The number of esters is 1. The van der Waals surface area contributed by atoms with Crippen molar-refractivity contribution in [2.24, 2.45) is 0 Å². The molecule has 3 aromatic heterocycles. The molecular formula is C24H28FN3O2S. The standard InChI is InChI=1S/C16H21FN2.C8H7NO2S/c1-11-8-13-12-6-4-5-7-14(12)18-15(13)9-19(11)10-16(2,3)17;1-11-8(10)6-4-5-2-3-12-7(5)9-6/h4-7,11,18H,8-10H2,1-3H3;2-4,9H,1H3. The molecule has 1 aliphatic heterocycles. The van der Waals surface area contributed by atoms with Gasteiger partial charge in [-0.1, -0.05) is 18.2 Å². The minimum Gasteiger partial charge on any atom is -0.464 e. The molecule has 0 spiro atoms. The number of alkyl halides is 1. The van der Waals surface area contributed by atoms with E-state index in [0.29, 0.717) is 18.3 Å². The zero-order valence-corrected chi connectivity index (χ0v) is 19.1. The van der Waals surface area contributed by atoms with Crippen LogP contribution in [0.2, 0.25) is 0 Å². The van der Waals surface area contributed by atoms with Crippen LogP contribution in [0.3, 0.4) is 0 Å². The van der Waals surface area contributed by atoms with Gasteiger partial charge in [-0.15, -0.1) is 11.3 Å². The van der Waals surface area contributed by atoms with Gasteiger partial charge in [0, 0.05) is 41.1 Å². The Morgan fingerprint density at radius 2 is 2.06 bits per heavy atom. The van der Waals surface area contributed by atoms with Crippen LogP contribution in [0.4, 0.5) is 4.39 Å². The summed E-state index contributed by atoms with van der Waals surface area (Å²) < 4.78 is 18.4. The zero-order chi connectivity index (χ0) is 22.2. The molecule has 0 bridgehead atoms. The second kappa shape index (κ2) is 8.48. The smallest absolute Gasteiger partial charge is 0.354 e. The van der Waals surface area contributed by atoms with E-state index in [1.54, 1.807) is 31.3 Å². The van der Waals surface area contributed by atoms with Gasteiger partial charge >= 0.3 is 5.97 Å². The van der Waals surface area contributed by atoms with Gasteiger partial charge in [0.2, 0.25) is 0 Å². The fourth-order valence-corrected chi connectivity index (χ4v) is 4.95. The number of carbonyl (C=O) groups is 1. The molecule has 0 fully saturated rings. The molecule has 5 rings (SSSR count). The molecular weight excluding hydrogens is 413 g/mol. The third kappa shape index (κ3) is 4.67. The molecule has 2 N–H and O–H groups in total. The van der Waals surface area contributed by atoms with Crippen LogP contribution >= 0.6 is 11.3 Å². The van der Waals surface area contributed by atoms with E-state index in [1.807, 2.05) is 11.4 Å². The number of aromatic amines is 2. The molecule has 4 heterocycles. The summed E-state index contributed by atoms with van der Waals surface area (Å²) in [7, 11) is 1.37. The molecule has 0 aliphatic carbocycles. The summed E-state index contributed by atoms with van der Waals surface area (Å²) in [4.78, 5) is 20.7. The molecule has 1 unspecified atom stereocenters. The van der Waals surface area contributed by atoms with Crippen LogP contribution in [0.25, 0.3) is 21.1 Å². The molecule has 1 aromatic carbocycles. The molecule has 1 atom stereocenters. The van der Waals surface area contributed by atoms with Crippen molar-refractivity contribution in [2.75, 3.05) is 13.7 Å². The third-order valence-corrected chi connectivity index (χ3v) is 6.46. The Labute approximate surface area is 185 Å². The number of fused-ring (bicyclic) bond motifs is 4. The van der Waals surface area contributed by atoms with E-state index in [9.17, 15) is 9.18 Å². The number of methoxy groups -OCH3 is 1. The molecule has 0 saturated carbocycles. The zero-order valence-electron chi connectivity index (χ0n) is 18.3. The number of H-pyrrole nitrogens is 2. The second-order valence-corrected chi connectivity index (χ2v) is 9.60. The van der Waals surface area contributed by atoms with Gasteiger partial charge in [-0.25, -0.2) is 9.18 Å². The van der Waals surface area contributed by atoms with E-state index in [4.69, 9.17) is 0 Å². The van der Waals surface area contributed by atoms with Crippen molar-refractivity contribution in [2.45, 2.75) is 45.4 Å². The van der Waals surface area contributed by atoms with Crippen molar-refractivity contribution < 1.29 is 13.9 Å². The summed E-state index contributed by atoms with van der Waals surface area (Å²) in [6.45, 7) is 6.80. The molecule has 0 amide bonds. The lowest BCUT2D eigenvalue weighted by Crippen LogP contribution is -2.44. The molecule has 31 heavy (non-hydrogen) atoms. The average molecular weight is 442 g/mol. The van der Waals surface area contributed by atoms with Gasteiger partial charge in [-0.05, 0) is 56.3 Å². The van der Waals surface area contributed by atoms with Crippen molar-refractivity contribution in [3.05, 3.63) is 58.7 Å². The molecule has 5 nitrogen and oxygen atoms in total. The van der Waals surface area contributed by atoms with Crippen LogP contribution in [0.1, 0.15) is 42.5 Å². The SMILES string of the molecule is CC1Cc2c([nH]c3ccccc23)CN1CC(C)(C)F.COC(=O)c1cc2ccsc2[nH]1. The van der Waals surface area contributed by atoms with Gasteiger partial charge in [-0.3, -0.25) is 4.90 Å². The van der Waals surface area contributed by atoms with Gasteiger partial charge in [0.15, 0.2) is 0 Å². The quantitative estimate of drug-likeness (QED) is 0.402. The number of para-hydroxylation sites is 1. The predicted octanol–water partition coefficient (Wildman–Crippen LogP) is 5.68. The highest BCUT2D eigenvalue weighted by molar-refractivity contribution is 7.16. The fraction of sp³-hybridized carbons (Fsp3) is 0.375. The Hall–Kier alpha value is -2.64. The number of ether oxygens (including phenoxy) is 1. The summed E-state index contributed by atoms with van der Waals surface area (Å²) in [5.41, 5.74) is 3.23. The lowest BCUT2D eigenvalue weighted by atomic mass is 9.96. The van der Waals surface area contributed by atoms with Crippen LogP contribution in [0.15, 0.2) is 41.8 Å². The Balaban J connectivity index is 0.000000166. The van der Waals surface area contributed by atoms with E-state index >= 15 is 0 Å². The van der Waals surface area contributed by atoms with Crippen LogP contribution in [-0.4, -0.2) is 46.2 Å². The lowest BCUT2D eigenvalue weighted by molar-refractivity contribution is 0.0595. The predicted molar refractivity (Wildman–Crippen MR) is 125 cm³/mol.